The summed E-state index contributed by atoms with van der Waals surface area (Å²) < 4.78 is 0. The van der Waals surface area contributed by atoms with Gasteiger partial charge in [0, 0.05) is 12.5 Å². The summed E-state index contributed by atoms with van der Waals surface area (Å²) >= 11 is 0. The zero-order valence-electron chi connectivity index (χ0n) is 12.0. The molecule has 8 N–H and O–H groups in total. The fourth-order valence-electron chi connectivity index (χ4n) is 2.93. The molecule has 9 heteroatoms. The molecular weight excluding hydrogens is 277 g/mol. The first-order valence-corrected chi connectivity index (χ1v) is 7.14. The highest BCUT2D eigenvalue weighted by Gasteiger charge is 2.46. The molecule has 8 nitrogen and oxygen atoms in total. The molecular formula is C12H24BN3O5. The summed E-state index contributed by atoms with van der Waals surface area (Å²) in [6, 6.07) is 0. The van der Waals surface area contributed by atoms with Crippen molar-refractivity contribution >= 4 is 19.0 Å². The van der Waals surface area contributed by atoms with Crippen LogP contribution >= 0.6 is 0 Å². The summed E-state index contributed by atoms with van der Waals surface area (Å²) in [6.07, 6.45) is 2.31. The fraction of sp³-hybridized carbons (Fsp3) is 0.833. The fourth-order valence-corrected chi connectivity index (χ4v) is 2.93. The topological polar surface area (TPSA) is 159 Å². The van der Waals surface area contributed by atoms with Gasteiger partial charge in [-0.15, -0.1) is 0 Å². The van der Waals surface area contributed by atoms with Crippen LogP contribution in [0, 0.1) is 11.8 Å². The number of carbonyl (C=O) groups is 2. The number of nitrogens with two attached hydrogens (primary N) is 2. The molecule has 1 rings (SSSR count). The molecule has 1 amide bonds. The van der Waals surface area contributed by atoms with Crippen LogP contribution in [0.1, 0.15) is 25.7 Å². The van der Waals surface area contributed by atoms with Crippen molar-refractivity contribution in [1.82, 2.24) is 5.32 Å². The molecule has 21 heavy (non-hydrogen) atoms. The van der Waals surface area contributed by atoms with Gasteiger partial charge in [-0.05, 0) is 31.5 Å². The number of carboxylic acid groups (broad SMARTS) is 1. The van der Waals surface area contributed by atoms with Crippen LogP contribution in [0.25, 0.3) is 0 Å². The first kappa shape index (κ1) is 17.9. The Labute approximate surface area is 124 Å². The lowest BCUT2D eigenvalue weighted by Crippen LogP contribution is -2.60. The first-order chi connectivity index (χ1) is 9.79. The van der Waals surface area contributed by atoms with Crippen LogP contribution in [-0.2, 0) is 9.59 Å². The molecule has 1 saturated carbocycles. The number of carboxylic acids is 1. The van der Waals surface area contributed by atoms with Crippen molar-refractivity contribution in [2.75, 3.05) is 13.1 Å². The van der Waals surface area contributed by atoms with E-state index in [0.717, 1.165) is 6.42 Å². The molecule has 1 aliphatic rings. The smallest absolute Gasteiger partial charge is 0.451 e. The Morgan fingerprint density at radius 3 is 2.52 bits per heavy atom. The monoisotopic (exact) mass is 301 g/mol. The third kappa shape index (κ3) is 4.96. The maximum Gasteiger partial charge on any atom is 0.451 e. The Kier molecular flexibility index (Phi) is 6.60. The van der Waals surface area contributed by atoms with E-state index in [-0.39, 0.29) is 43.6 Å². The van der Waals surface area contributed by atoms with Gasteiger partial charge in [0.25, 0.3) is 0 Å². The van der Waals surface area contributed by atoms with Gasteiger partial charge in [0.1, 0.15) is 5.54 Å². The lowest BCUT2D eigenvalue weighted by molar-refractivity contribution is -0.148. The van der Waals surface area contributed by atoms with Crippen molar-refractivity contribution in [3.63, 3.8) is 0 Å². The van der Waals surface area contributed by atoms with Crippen LogP contribution in [0.2, 0.25) is 6.32 Å². The predicted molar refractivity (Wildman–Crippen MR) is 77.1 cm³/mol. The lowest BCUT2D eigenvalue weighted by Gasteiger charge is -2.41. The van der Waals surface area contributed by atoms with Gasteiger partial charge in [-0.1, -0.05) is 6.42 Å². The number of rotatable bonds is 7. The molecule has 0 unspecified atom stereocenters. The number of nitrogens with one attached hydrogen (secondary N) is 1. The van der Waals surface area contributed by atoms with E-state index >= 15 is 0 Å². The van der Waals surface area contributed by atoms with Gasteiger partial charge in [0.05, 0.1) is 6.54 Å². The highest BCUT2D eigenvalue weighted by Crippen LogP contribution is 2.37. The molecule has 0 saturated heterocycles. The summed E-state index contributed by atoms with van der Waals surface area (Å²) in [5.41, 5.74) is 9.85. The summed E-state index contributed by atoms with van der Waals surface area (Å²) in [7, 11) is -1.39. The minimum absolute atomic E-state index is 0.0364. The van der Waals surface area contributed by atoms with Gasteiger partial charge in [0.2, 0.25) is 5.91 Å². The average Bonchev–Trinajstić information content (AvgIpc) is 2.43. The summed E-state index contributed by atoms with van der Waals surface area (Å²) in [5.74, 6) is -1.76. The summed E-state index contributed by atoms with van der Waals surface area (Å²) in [4.78, 5) is 22.7. The minimum atomic E-state index is -1.41. The molecule has 0 heterocycles. The van der Waals surface area contributed by atoms with Gasteiger partial charge in [-0.25, -0.2) is 0 Å². The maximum atomic E-state index is 11.5. The quantitative estimate of drug-likeness (QED) is 0.300. The van der Waals surface area contributed by atoms with Crippen LogP contribution in [0.15, 0.2) is 0 Å². The molecule has 0 radical (unpaired) electrons. The number of aliphatic carboxylic acids is 1. The second kappa shape index (κ2) is 7.74. The normalized spacial score (nSPS) is 29.0. The molecule has 1 fully saturated rings. The zero-order chi connectivity index (χ0) is 16.0. The molecule has 0 bridgehead atoms. The van der Waals surface area contributed by atoms with Gasteiger partial charge < -0.3 is 31.9 Å². The molecule has 1 aliphatic carbocycles. The number of hydrogen-bond acceptors (Lipinski definition) is 6. The van der Waals surface area contributed by atoms with E-state index in [1.807, 2.05) is 0 Å². The van der Waals surface area contributed by atoms with Crippen molar-refractivity contribution in [2.45, 2.75) is 37.5 Å². The van der Waals surface area contributed by atoms with Crippen molar-refractivity contribution in [3.05, 3.63) is 0 Å². The zero-order valence-corrected chi connectivity index (χ0v) is 12.0. The molecule has 0 aliphatic heterocycles. The third-order valence-electron chi connectivity index (χ3n) is 4.24. The average molecular weight is 301 g/mol. The van der Waals surface area contributed by atoms with Gasteiger partial charge in [-0.2, -0.15) is 0 Å². The van der Waals surface area contributed by atoms with Crippen LogP contribution in [-0.4, -0.2) is 52.8 Å². The van der Waals surface area contributed by atoms with Crippen LogP contribution in [0.5, 0.6) is 0 Å². The van der Waals surface area contributed by atoms with E-state index in [2.05, 4.69) is 5.32 Å². The van der Waals surface area contributed by atoms with Gasteiger partial charge in [0.15, 0.2) is 0 Å². The maximum absolute atomic E-state index is 11.5. The molecule has 0 aromatic rings. The largest absolute Gasteiger partial charge is 0.480 e. The van der Waals surface area contributed by atoms with E-state index in [1.54, 1.807) is 0 Å². The van der Waals surface area contributed by atoms with Crippen molar-refractivity contribution in [3.8, 4) is 0 Å². The number of carbonyl (C=O) groups excluding carboxylic acids is 1. The summed E-state index contributed by atoms with van der Waals surface area (Å²) in [6.45, 7) is 0.0442. The van der Waals surface area contributed by atoms with Crippen LogP contribution in [0.3, 0.4) is 0 Å². The standard InChI is InChI=1S/C12H24BN3O5/c14-6-10(17)16-7-9-2-1-8(3-4-13(20)21)5-12(9,15)11(18)19/h8-9,20-21H,1-7,14-15H2,(H,16,17)(H,18,19)/t8-,9-,12+/m0/s1. The van der Waals surface area contributed by atoms with E-state index in [1.165, 1.54) is 0 Å². The minimum Gasteiger partial charge on any atom is -0.480 e. The van der Waals surface area contributed by atoms with Crippen molar-refractivity contribution in [2.24, 2.45) is 23.3 Å². The van der Waals surface area contributed by atoms with E-state index in [4.69, 9.17) is 21.5 Å². The molecule has 120 valence electrons. The van der Waals surface area contributed by atoms with Crippen molar-refractivity contribution < 1.29 is 24.7 Å². The Hall–Kier alpha value is -1.16. The molecule has 0 spiro atoms. The Bertz CT molecular complexity index is 382. The Morgan fingerprint density at radius 2 is 2.00 bits per heavy atom. The van der Waals surface area contributed by atoms with Crippen LogP contribution in [0.4, 0.5) is 0 Å². The molecule has 0 aromatic heterocycles. The lowest BCUT2D eigenvalue weighted by atomic mass is 9.66. The van der Waals surface area contributed by atoms with Gasteiger partial charge >= 0.3 is 13.1 Å². The highest BCUT2D eigenvalue weighted by atomic mass is 16.4. The first-order valence-electron chi connectivity index (χ1n) is 7.14. The van der Waals surface area contributed by atoms with E-state index in [0.29, 0.717) is 12.8 Å². The third-order valence-corrected chi connectivity index (χ3v) is 4.24. The molecule has 3 atom stereocenters. The van der Waals surface area contributed by atoms with Crippen LogP contribution < -0.4 is 16.8 Å². The van der Waals surface area contributed by atoms with Gasteiger partial charge in [-0.3, -0.25) is 9.59 Å². The highest BCUT2D eigenvalue weighted by molar-refractivity contribution is 6.40. The SMILES string of the molecule is NCC(=O)NC[C@@H]1CC[C@@H](CCB(O)O)C[C@]1(N)C(=O)O. The second-order valence-corrected chi connectivity index (χ2v) is 5.76. The number of hydrogen-bond donors (Lipinski definition) is 6. The molecule has 0 aromatic carbocycles. The summed E-state index contributed by atoms with van der Waals surface area (Å²) in [5, 5.41) is 29.8. The number of amides is 1. The van der Waals surface area contributed by atoms with E-state index in [9.17, 15) is 14.7 Å². The predicted octanol–water partition coefficient (Wildman–Crippen LogP) is -1.88. The van der Waals surface area contributed by atoms with Crippen molar-refractivity contribution in [1.29, 1.82) is 0 Å². The second-order valence-electron chi connectivity index (χ2n) is 5.76. The Morgan fingerprint density at radius 1 is 1.33 bits per heavy atom. The van der Waals surface area contributed by atoms with E-state index < -0.39 is 18.6 Å². The Balaban J connectivity index is 2.65.